The van der Waals surface area contributed by atoms with Gasteiger partial charge in [-0.1, -0.05) is 36.4 Å². The van der Waals surface area contributed by atoms with Crippen LogP contribution in [0.25, 0.3) is 0 Å². The van der Waals surface area contributed by atoms with Crippen LogP contribution in [0, 0.1) is 6.92 Å². The Morgan fingerprint density at radius 3 is 2.52 bits per heavy atom. The predicted molar refractivity (Wildman–Crippen MR) is 87.3 cm³/mol. The van der Waals surface area contributed by atoms with Gasteiger partial charge in [-0.15, -0.1) is 0 Å². The first-order chi connectivity index (χ1) is 10.1. The molecule has 0 aliphatic heterocycles. The van der Waals surface area contributed by atoms with Crippen molar-refractivity contribution in [3.63, 3.8) is 0 Å². The van der Waals surface area contributed by atoms with E-state index in [4.69, 9.17) is 5.73 Å². The van der Waals surface area contributed by atoms with E-state index in [0.717, 1.165) is 12.0 Å². The van der Waals surface area contributed by atoms with Gasteiger partial charge in [-0.3, -0.25) is 4.79 Å². The smallest absolute Gasteiger partial charge is 0.254 e. The number of amides is 1. The van der Waals surface area contributed by atoms with Crippen LogP contribution >= 0.6 is 0 Å². The van der Waals surface area contributed by atoms with Gasteiger partial charge in [-0.2, -0.15) is 0 Å². The molecule has 0 aliphatic carbocycles. The lowest BCUT2D eigenvalue weighted by atomic mass is 10.1. The summed E-state index contributed by atoms with van der Waals surface area (Å²) in [5.74, 6) is 0.0539. The van der Waals surface area contributed by atoms with Gasteiger partial charge < -0.3 is 10.6 Å². The zero-order valence-corrected chi connectivity index (χ0v) is 12.7. The molecule has 0 fully saturated rings. The molecule has 0 spiro atoms. The highest BCUT2D eigenvalue weighted by molar-refractivity contribution is 5.96. The van der Waals surface area contributed by atoms with Crippen molar-refractivity contribution in [2.45, 2.75) is 20.3 Å². The molecule has 2 aromatic rings. The third-order valence-electron chi connectivity index (χ3n) is 3.67. The molecule has 0 aromatic heterocycles. The number of aryl methyl sites for hydroxylation is 1. The molecular formula is C18H22N2O. The van der Waals surface area contributed by atoms with Gasteiger partial charge in [0.05, 0.1) is 0 Å². The highest BCUT2D eigenvalue weighted by Gasteiger charge is 2.16. The minimum Gasteiger partial charge on any atom is -0.399 e. The van der Waals surface area contributed by atoms with E-state index in [1.807, 2.05) is 49.1 Å². The molecule has 3 heteroatoms. The van der Waals surface area contributed by atoms with E-state index in [1.165, 1.54) is 5.56 Å². The molecule has 0 unspecified atom stereocenters. The largest absolute Gasteiger partial charge is 0.399 e. The van der Waals surface area contributed by atoms with E-state index in [9.17, 15) is 4.79 Å². The number of carbonyl (C=O) groups is 1. The van der Waals surface area contributed by atoms with E-state index in [1.54, 1.807) is 6.07 Å². The number of hydrogen-bond acceptors (Lipinski definition) is 2. The molecule has 2 aromatic carbocycles. The molecule has 2 rings (SSSR count). The van der Waals surface area contributed by atoms with Crippen molar-refractivity contribution in [2.75, 3.05) is 18.8 Å². The third-order valence-corrected chi connectivity index (χ3v) is 3.67. The Morgan fingerprint density at radius 2 is 1.86 bits per heavy atom. The lowest BCUT2D eigenvalue weighted by Gasteiger charge is -2.22. The molecule has 0 atom stereocenters. The fourth-order valence-corrected chi connectivity index (χ4v) is 2.35. The van der Waals surface area contributed by atoms with E-state index < -0.39 is 0 Å². The van der Waals surface area contributed by atoms with Gasteiger partial charge >= 0.3 is 0 Å². The van der Waals surface area contributed by atoms with E-state index in [0.29, 0.717) is 24.3 Å². The first-order valence-corrected chi connectivity index (χ1v) is 7.31. The number of nitrogen functional groups attached to an aromatic ring is 1. The van der Waals surface area contributed by atoms with Crippen LogP contribution in [0.2, 0.25) is 0 Å². The van der Waals surface area contributed by atoms with Crippen molar-refractivity contribution in [3.8, 4) is 0 Å². The summed E-state index contributed by atoms with van der Waals surface area (Å²) in [6, 6.07) is 15.7. The quantitative estimate of drug-likeness (QED) is 0.855. The lowest BCUT2D eigenvalue weighted by Crippen LogP contribution is -2.33. The van der Waals surface area contributed by atoms with Gasteiger partial charge in [-0.05, 0) is 43.5 Å². The Morgan fingerprint density at radius 1 is 1.14 bits per heavy atom. The van der Waals surface area contributed by atoms with Crippen LogP contribution in [0.1, 0.15) is 28.4 Å². The standard InChI is InChI=1S/C18H22N2O/c1-3-20(12-11-15-7-5-4-6-8-15)18(21)17-13-16(19)10-9-14(17)2/h4-10,13H,3,11-12,19H2,1-2H3. The minimum absolute atomic E-state index is 0.0539. The molecule has 2 N–H and O–H groups in total. The van der Waals surface area contributed by atoms with Crippen molar-refractivity contribution in [2.24, 2.45) is 0 Å². The molecule has 0 radical (unpaired) electrons. The fraction of sp³-hybridized carbons (Fsp3) is 0.278. The zero-order chi connectivity index (χ0) is 15.2. The van der Waals surface area contributed by atoms with Gasteiger partial charge in [0.25, 0.3) is 5.91 Å². The number of benzene rings is 2. The van der Waals surface area contributed by atoms with Crippen molar-refractivity contribution in [1.82, 2.24) is 4.90 Å². The summed E-state index contributed by atoms with van der Waals surface area (Å²) < 4.78 is 0. The molecule has 3 nitrogen and oxygen atoms in total. The van der Waals surface area contributed by atoms with Crippen LogP contribution in [-0.4, -0.2) is 23.9 Å². The van der Waals surface area contributed by atoms with Crippen molar-refractivity contribution >= 4 is 11.6 Å². The van der Waals surface area contributed by atoms with E-state index >= 15 is 0 Å². The number of nitrogens with two attached hydrogens (primary N) is 1. The predicted octanol–water partition coefficient (Wildman–Crippen LogP) is 3.28. The van der Waals surface area contributed by atoms with Gasteiger partial charge in [0.2, 0.25) is 0 Å². The Hall–Kier alpha value is -2.29. The average Bonchev–Trinajstić information content (AvgIpc) is 2.51. The first kappa shape index (κ1) is 15.1. The first-order valence-electron chi connectivity index (χ1n) is 7.31. The molecule has 0 heterocycles. The highest BCUT2D eigenvalue weighted by Crippen LogP contribution is 2.15. The molecule has 0 bridgehead atoms. The number of carbonyl (C=O) groups excluding carboxylic acids is 1. The number of anilines is 1. The number of hydrogen-bond donors (Lipinski definition) is 1. The normalized spacial score (nSPS) is 10.4. The summed E-state index contributed by atoms with van der Waals surface area (Å²) in [5, 5.41) is 0. The summed E-state index contributed by atoms with van der Waals surface area (Å²) in [4.78, 5) is 14.5. The second-order valence-electron chi connectivity index (χ2n) is 5.19. The maximum atomic E-state index is 12.6. The van der Waals surface area contributed by atoms with Crippen LogP contribution in [0.4, 0.5) is 5.69 Å². The van der Waals surface area contributed by atoms with Crippen LogP contribution in [0.3, 0.4) is 0 Å². The zero-order valence-electron chi connectivity index (χ0n) is 12.7. The average molecular weight is 282 g/mol. The van der Waals surface area contributed by atoms with Crippen molar-refractivity contribution in [1.29, 1.82) is 0 Å². The van der Waals surface area contributed by atoms with E-state index in [-0.39, 0.29) is 5.91 Å². The maximum Gasteiger partial charge on any atom is 0.254 e. The molecule has 0 saturated carbocycles. The van der Waals surface area contributed by atoms with Gasteiger partial charge in [0.1, 0.15) is 0 Å². The molecule has 110 valence electrons. The van der Waals surface area contributed by atoms with E-state index in [2.05, 4.69) is 12.1 Å². The minimum atomic E-state index is 0.0539. The van der Waals surface area contributed by atoms with Crippen LogP contribution in [0.5, 0.6) is 0 Å². The molecule has 1 amide bonds. The summed E-state index contributed by atoms with van der Waals surface area (Å²) in [6.45, 7) is 5.36. The maximum absolute atomic E-state index is 12.6. The summed E-state index contributed by atoms with van der Waals surface area (Å²) >= 11 is 0. The fourth-order valence-electron chi connectivity index (χ4n) is 2.35. The monoisotopic (exact) mass is 282 g/mol. The van der Waals surface area contributed by atoms with Gasteiger partial charge in [-0.25, -0.2) is 0 Å². The van der Waals surface area contributed by atoms with Crippen molar-refractivity contribution in [3.05, 3.63) is 65.2 Å². The second-order valence-corrected chi connectivity index (χ2v) is 5.19. The van der Waals surface area contributed by atoms with Crippen molar-refractivity contribution < 1.29 is 4.79 Å². The summed E-state index contributed by atoms with van der Waals surface area (Å²) in [7, 11) is 0. The second kappa shape index (κ2) is 6.93. The number of nitrogens with zero attached hydrogens (tertiary/aromatic N) is 1. The number of rotatable bonds is 5. The van der Waals surface area contributed by atoms with Gasteiger partial charge in [0, 0.05) is 24.3 Å². The number of likely N-dealkylation sites (N-methyl/N-ethyl adjacent to an activating group) is 1. The molecule has 21 heavy (non-hydrogen) atoms. The topological polar surface area (TPSA) is 46.3 Å². The SMILES string of the molecule is CCN(CCc1ccccc1)C(=O)c1cc(N)ccc1C. The lowest BCUT2D eigenvalue weighted by molar-refractivity contribution is 0.0765. The Kier molecular flexibility index (Phi) is 4.99. The van der Waals surface area contributed by atoms with Crippen LogP contribution in [0.15, 0.2) is 48.5 Å². The molecule has 0 aliphatic rings. The third kappa shape index (κ3) is 3.85. The van der Waals surface area contributed by atoms with Gasteiger partial charge in [0.15, 0.2) is 0 Å². The Labute approximate surface area is 126 Å². The highest BCUT2D eigenvalue weighted by atomic mass is 16.2. The summed E-state index contributed by atoms with van der Waals surface area (Å²) in [5.41, 5.74) is 9.34. The van der Waals surface area contributed by atoms with Crippen LogP contribution < -0.4 is 5.73 Å². The Balaban J connectivity index is 2.10. The van der Waals surface area contributed by atoms with Crippen LogP contribution in [-0.2, 0) is 6.42 Å². The Bertz CT molecular complexity index is 608. The molecular weight excluding hydrogens is 260 g/mol. The molecule has 0 saturated heterocycles. The summed E-state index contributed by atoms with van der Waals surface area (Å²) in [6.07, 6.45) is 0.863.